The van der Waals surface area contributed by atoms with Crippen molar-refractivity contribution in [1.29, 1.82) is 0 Å². The molecule has 20 heavy (non-hydrogen) atoms. The minimum Gasteiger partial charge on any atom is -0.232 e. The van der Waals surface area contributed by atoms with Gasteiger partial charge in [0.2, 0.25) is 3.79 Å². The topological polar surface area (TPSA) is 17.8 Å². The van der Waals surface area contributed by atoms with Gasteiger partial charge >= 0.3 is 0 Å². The van der Waals surface area contributed by atoms with E-state index < -0.39 is 3.79 Å². The van der Waals surface area contributed by atoms with Crippen LogP contribution in [0.15, 0.2) is 53.2 Å². The van der Waals surface area contributed by atoms with E-state index in [-0.39, 0.29) is 0 Å². The molecule has 0 atom stereocenters. The predicted octanol–water partition coefficient (Wildman–Crippen LogP) is 5.43. The smallest absolute Gasteiger partial charge is 0.232 e. The van der Waals surface area contributed by atoms with Crippen LogP contribution < -0.4 is 0 Å². The molecule has 2 heterocycles. The van der Waals surface area contributed by atoms with Gasteiger partial charge in [-0.05, 0) is 17.5 Å². The number of hydrogen-bond acceptors (Lipinski definition) is 2. The Balaban J connectivity index is 2.17. The summed E-state index contributed by atoms with van der Waals surface area (Å²) in [6.45, 7) is 0. The number of thiophene rings is 1. The molecule has 0 unspecified atom stereocenters. The molecule has 0 saturated carbocycles. The van der Waals surface area contributed by atoms with Crippen molar-refractivity contribution in [2.75, 3.05) is 0 Å². The van der Waals surface area contributed by atoms with E-state index in [0.29, 0.717) is 5.69 Å². The SMILES string of the molecule is ClC(Cl)(Cl)c1cc(-c2ccccc2)nn1-c1ccsc1. The zero-order chi connectivity index (χ0) is 14.2. The highest BCUT2D eigenvalue weighted by atomic mass is 35.6. The number of aromatic nitrogens is 2. The van der Waals surface area contributed by atoms with Crippen LogP contribution in [-0.2, 0) is 3.79 Å². The van der Waals surface area contributed by atoms with Crippen molar-refractivity contribution in [2.45, 2.75) is 3.79 Å². The summed E-state index contributed by atoms with van der Waals surface area (Å²) in [7, 11) is 0. The number of hydrogen-bond donors (Lipinski definition) is 0. The molecule has 0 bridgehead atoms. The summed E-state index contributed by atoms with van der Waals surface area (Å²) in [5.74, 6) is 0. The van der Waals surface area contributed by atoms with Crippen LogP contribution in [0.3, 0.4) is 0 Å². The molecule has 0 amide bonds. The van der Waals surface area contributed by atoms with E-state index in [1.165, 1.54) is 0 Å². The zero-order valence-electron chi connectivity index (χ0n) is 10.1. The van der Waals surface area contributed by atoms with Gasteiger partial charge in [-0.2, -0.15) is 16.4 Å². The molecule has 0 aliphatic carbocycles. The molecule has 1 aromatic carbocycles. The maximum absolute atomic E-state index is 6.05. The second-order valence-electron chi connectivity index (χ2n) is 4.17. The normalized spacial score (nSPS) is 11.8. The van der Waals surface area contributed by atoms with Crippen molar-refractivity contribution in [3.8, 4) is 16.9 Å². The number of alkyl halides is 3. The van der Waals surface area contributed by atoms with Crippen LogP contribution in [0.2, 0.25) is 0 Å². The van der Waals surface area contributed by atoms with E-state index in [1.54, 1.807) is 22.1 Å². The number of halogens is 3. The lowest BCUT2D eigenvalue weighted by molar-refractivity contribution is 0.827. The van der Waals surface area contributed by atoms with Crippen molar-refractivity contribution >= 4 is 46.1 Å². The van der Waals surface area contributed by atoms with Crippen molar-refractivity contribution < 1.29 is 0 Å². The van der Waals surface area contributed by atoms with Crippen LogP contribution in [0.25, 0.3) is 16.9 Å². The third kappa shape index (κ3) is 2.72. The number of rotatable bonds is 2. The van der Waals surface area contributed by atoms with E-state index in [1.807, 2.05) is 47.2 Å². The maximum Gasteiger partial charge on any atom is 0.232 e. The minimum atomic E-state index is -1.53. The first-order valence-electron chi connectivity index (χ1n) is 5.81. The largest absolute Gasteiger partial charge is 0.232 e. The fraction of sp³-hybridized carbons (Fsp3) is 0.0714. The van der Waals surface area contributed by atoms with Gasteiger partial charge in [0.15, 0.2) is 0 Å². The van der Waals surface area contributed by atoms with Crippen LogP contribution in [-0.4, -0.2) is 9.78 Å². The Bertz CT molecular complexity index is 700. The van der Waals surface area contributed by atoms with Crippen molar-refractivity contribution in [2.24, 2.45) is 0 Å². The van der Waals surface area contributed by atoms with Crippen LogP contribution in [0, 0.1) is 0 Å². The lowest BCUT2D eigenvalue weighted by atomic mass is 10.1. The highest BCUT2D eigenvalue weighted by molar-refractivity contribution is 7.08. The van der Waals surface area contributed by atoms with Gasteiger partial charge in [0.05, 0.1) is 17.1 Å². The van der Waals surface area contributed by atoms with Crippen LogP contribution in [0.5, 0.6) is 0 Å². The van der Waals surface area contributed by atoms with Gasteiger partial charge in [0, 0.05) is 10.9 Å². The summed E-state index contributed by atoms with van der Waals surface area (Å²) >= 11 is 19.7. The Morgan fingerprint density at radius 1 is 1.05 bits per heavy atom. The molecule has 0 radical (unpaired) electrons. The third-order valence-corrected chi connectivity index (χ3v) is 4.07. The maximum atomic E-state index is 6.05. The minimum absolute atomic E-state index is 0.528. The standard InChI is InChI=1S/C14H9Cl3N2S/c15-14(16,17)13-8-12(10-4-2-1-3-5-10)18-19(13)11-6-7-20-9-11/h1-9H. The van der Waals surface area contributed by atoms with Crippen molar-refractivity contribution in [3.63, 3.8) is 0 Å². The Morgan fingerprint density at radius 3 is 2.40 bits per heavy atom. The molecule has 0 aliphatic rings. The predicted molar refractivity (Wildman–Crippen MR) is 86.1 cm³/mol. The van der Waals surface area contributed by atoms with Gasteiger partial charge in [0.1, 0.15) is 0 Å². The third-order valence-electron chi connectivity index (χ3n) is 2.82. The van der Waals surface area contributed by atoms with Gasteiger partial charge in [-0.1, -0.05) is 65.1 Å². The second-order valence-corrected chi connectivity index (χ2v) is 7.23. The Labute approximate surface area is 135 Å². The van der Waals surface area contributed by atoms with E-state index in [2.05, 4.69) is 5.10 Å². The molecule has 0 saturated heterocycles. The average Bonchev–Trinajstić information content (AvgIpc) is 3.08. The molecule has 2 aromatic heterocycles. The lowest BCUT2D eigenvalue weighted by Gasteiger charge is -2.12. The fourth-order valence-corrected chi connectivity index (χ4v) is 2.93. The molecule has 0 aliphatic heterocycles. The van der Waals surface area contributed by atoms with E-state index in [9.17, 15) is 0 Å². The summed E-state index contributed by atoms with van der Waals surface area (Å²) in [5, 5.41) is 8.48. The van der Waals surface area contributed by atoms with E-state index >= 15 is 0 Å². The molecule has 0 fully saturated rings. The summed E-state index contributed by atoms with van der Waals surface area (Å²) in [5.41, 5.74) is 3.17. The summed E-state index contributed by atoms with van der Waals surface area (Å²) in [6, 6.07) is 13.5. The summed E-state index contributed by atoms with van der Waals surface area (Å²) in [6.07, 6.45) is 0. The van der Waals surface area contributed by atoms with Crippen molar-refractivity contribution in [3.05, 3.63) is 58.9 Å². The monoisotopic (exact) mass is 342 g/mol. The molecular weight excluding hydrogens is 335 g/mol. The second kappa shape index (κ2) is 5.41. The van der Waals surface area contributed by atoms with Gasteiger partial charge in [0.25, 0.3) is 0 Å². The van der Waals surface area contributed by atoms with Crippen LogP contribution in [0.4, 0.5) is 0 Å². The van der Waals surface area contributed by atoms with Crippen LogP contribution >= 0.6 is 46.1 Å². The van der Waals surface area contributed by atoms with E-state index in [4.69, 9.17) is 34.8 Å². The van der Waals surface area contributed by atoms with Gasteiger partial charge < -0.3 is 0 Å². The molecule has 2 nitrogen and oxygen atoms in total. The Kier molecular flexibility index (Phi) is 3.78. The molecule has 3 aromatic rings. The first kappa shape index (κ1) is 14.0. The van der Waals surface area contributed by atoms with Gasteiger partial charge in [-0.15, -0.1) is 0 Å². The average molecular weight is 344 g/mol. The molecular formula is C14H9Cl3N2S. The number of benzene rings is 1. The molecule has 0 spiro atoms. The summed E-state index contributed by atoms with van der Waals surface area (Å²) in [4.78, 5) is 0. The number of nitrogens with zero attached hydrogens (tertiary/aromatic N) is 2. The van der Waals surface area contributed by atoms with Crippen LogP contribution in [0.1, 0.15) is 5.69 Å². The molecule has 0 N–H and O–H groups in total. The van der Waals surface area contributed by atoms with E-state index in [0.717, 1.165) is 16.9 Å². The highest BCUT2D eigenvalue weighted by Gasteiger charge is 2.29. The Hall–Kier alpha value is -1.00. The van der Waals surface area contributed by atoms with Gasteiger partial charge in [-0.3, -0.25) is 0 Å². The zero-order valence-corrected chi connectivity index (χ0v) is 13.2. The molecule has 3 rings (SSSR count). The first-order chi connectivity index (χ1) is 9.55. The quantitative estimate of drug-likeness (QED) is 0.567. The fourth-order valence-electron chi connectivity index (χ4n) is 1.91. The van der Waals surface area contributed by atoms with Gasteiger partial charge in [-0.25, -0.2) is 4.68 Å². The van der Waals surface area contributed by atoms with Crippen molar-refractivity contribution in [1.82, 2.24) is 9.78 Å². The molecule has 6 heteroatoms. The lowest BCUT2D eigenvalue weighted by Crippen LogP contribution is -2.09. The molecule has 102 valence electrons. The summed E-state index contributed by atoms with van der Waals surface area (Å²) < 4.78 is 0.147. The first-order valence-corrected chi connectivity index (χ1v) is 7.88. The highest BCUT2D eigenvalue weighted by Crippen LogP contribution is 2.40. The Morgan fingerprint density at radius 2 is 1.80 bits per heavy atom.